The maximum Gasteiger partial charge on any atom is 0.235 e. The van der Waals surface area contributed by atoms with E-state index in [2.05, 4.69) is 11.2 Å². The van der Waals surface area contributed by atoms with Crippen LogP contribution in [0.2, 0.25) is 0 Å². The molecule has 0 atom stereocenters. The summed E-state index contributed by atoms with van der Waals surface area (Å²) in [6, 6.07) is 7.15. The van der Waals surface area contributed by atoms with Gasteiger partial charge in [-0.15, -0.1) is 0 Å². The smallest absolute Gasteiger partial charge is 0.235 e. The number of nitrogen functional groups attached to an aromatic ring is 1. The number of hydrogen-bond acceptors (Lipinski definition) is 5. The van der Waals surface area contributed by atoms with Crippen molar-refractivity contribution >= 4 is 5.69 Å². The van der Waals surface area contributed by atoms with Gasteiger partial charge in [0.1, 0.15) is 23.1 Å². The van der Waals surface area contributed by atoms with Crippen LogP contribution in [0.1, 0.15) is 11.3 Å². The Hall–Kier alpha value is -2.68. The summed E-state index contributed by atoms with van der Waals surface area (Å²) in [5.41, 5.74) is 7.32. The van der Waals surface area contributed by atoms with Crippen molar-refractivity contribution in [2.45, 2.75) is 6.92 Å². The Morgan fingerprint density at radius 1 is 1.42 bits per heavy atom. The van der Waals surface area contributed by atoms with E-state index in [1.54, 1.807) is 39.3 Å². The van der Waals surface area contributed by atoms with Crippen LogP contribution in [0.15, 0.2) is 18.2 Å². The van der Waals surface area contributed by atoms with Crippen LogP contribution in [0.4, 0.5) is 5.69 Å². The van der Waals surface area contributed by atoms with Crippen LogP contribution in [0.5, 0.6) is 17.4 Å². The fourth-order valence-corrected chi connectivity index (χ4v) is 1.77. The Balaban J connectivity index is 2.37. The lowest BCUT2D eigenvalue weighted by Crippen LogP contribution is -1.97. The molecule has 0 radical (unpaired) electrons. The number of anilines is 1. The summed E-state index contributed by atoms with van der Waals surface area (Å²) in [5.74, 6) is 1.50. The first kappa shape index (κ1) is 12.8. The van der Waals surface area contributed by atoms with Gasteiger partial charge >= 0.3 is 0 Å². The van der Waals surface area contributed by atoms with Gasteiger partial charge in [-0.05, 0) is 19.1 Å². The van der Waals surface area contributed by atoms with E-state index in [-0.39, 0.29) is 0 Å². The van der Waals surface area contributed by atoms with Crippen LogP contribution in [0, 0.1) is 18.3 Å². The van der Waals surface area contributed by atoms with E-state index >= 15 is 0 Å². The molecule has 0 saturated carbocycles. The van der Waals surface area contributed by atoms with Gasteiger partial charge in [0.05, 0.1) is 18.5 Å². The summed E-state index contributed by atoms with van der Waals surface area (Å²) in [6.07, 6.45) is 0. The van der Waals surface area contributed by atoms with Crippen molar-refractivity contribution < 1.29 is 9.47 Å². The maximum absolute atomic E-state index is 9.10. The Morgan fingerprint density at radius 2 is 2.16 bits per heavy atom. The predicted octanol–water partition coefficient (Wildman–Crippen LogP) is 1.98. The van der Waals surface area contributed by atoms with Gasteiger partial charge in [-0.3, -0.25) is 0 Å². The van der Waals surface area contributed by atoms with Crippen molar-refractivity contribution in [2.24, 2.45) is 7.05 Å². The van der Waals surface area contributed by atoms with Gasteiger partial charge in [0.2, 0.25) is 5.88 Å². The van der Waals surface area contributed by atoms with Crippen molar-refractivity contribution in [1.82, 2.24) is 9.78 Å². The fourth-order valence-electron chi connectivity index (χ4n) is 1.77. The largest absolute Gasteiger partial charge is 0.495 e. The molecule has 0 aliphatic rings. The van der Waals surface area contributed by atoms with Gasteiger partial charge in [-0.1, -0.05) is 0 Å². The standard InChI is InChI=1S/C13H14N4O2/c1-8-10(7-14)13(17(2)16-8)19-9-4-5-12(18-3)11(15)6-9/h4-6H,15H2,1-3H3. The Bertz CT molecular complexity index is 655. The molecule has 0 amide bonds. The van der Waals surface area contributed by atoms with Crippen molar-refractivity contribution in [2.75, 3.05) is 12.8 Å². The molecule has 0 unspecified atom stereocenters. The Labute approximate surface area is 111 Å². The third kappa shape index (κ3) is 2.31. The number of aryl methyl sites for hydroxylation is 2. The van der Waals surface area contributed by atoms with Crippen LogP contribution >= 0.6 is 0 Å². The van der Waals surface area contributed by atoms with Gasteiger partial charge in [-0.25, -0.2) is 4.68 Å². The van der Waals surface area contributed by atoms with E-state index in [4.69, 9.17) is 20.5 Å². The predicted molar refractivity (Wildman–Crippen MR) is 70.1 cm³/mol. The second-order valence-electron chi connectivity index (χ2n) is 4.01. The summed E-state index contributed by atoms with van der Waals surface area (Å²) in [6.45, 7) is 1.76. The highest BCUT2D eigenvalue weighted by Crippen LogP contribution is 2.31. The lowest BCUT2D eigenvalue weighted by atomic mass is 10.2. The molecule has 98 valence electrons. The molecule has 2 rings (SSSR count). The van der Waals surface area contributed by atoms with E-state index in [1.807, 2.05) is 0 Å². The first-order valence-electron chi connectivity index (χ1n) is 5.62. The summed E-state index contributed by atoms with van der Waals surface area (Å²) in [5, 5.41) is 13.2. The average Bonchev–Trinajstić information content (AvgIpc) is 2.64. The molecule has 2 aromatic rings. The molecule has 0 spiro atoms. The SMILES string of the molecule is COc1ccc(Oc2c(C#N)c(C)nn2C)cc1N. The van der Waals surface area contributed by atoms with Crippen molar-refractivity contribution in [3.8, 4) is 23.4 Å². The first-order valence-corrected chi connectivity index (χ1v) is 5.62. The van der Waals surface area contributed by atoms with Gasteiger partial charge in [0, 0.05) is 13.1 Å². The Kier molecular flexibility index (Phi) is 3.29. The van der Waals surface area contributed by atoms with E-state index in [1.165, 1.54) is 4.68 Å². The second-order valence-corrected chi connectivity index (χ2v) is 4.01. The number of benzene rings is 1. The third-order valence-corrected chi connectivity index (χ3v) is 2.70. The van der Waals surface area contributed by atoms with Gasteiger partial charge < -0.3 is 15.2 Å². The average molecular weight is 258 g/mol. The lowest BCUT2D eigenvalue weighted by Gasteiger charge is -2.09. The van der Waals surface area contributed by atoms with Gasteiger partial charge in [-0.2, -0.15) is 10.4 Å². The minimum atomic E-state index is 0.393. The summed E-state index contributed by atoms with van der Waals surface area (Å²) >= 11 is 0. The summed E-state index contributed by atoms with van der Waals surface area (Å²) in [4.78, 5) is 0. The monoisotopic (exact) mass is 258 g/mol. The zero-order chi connectivity index (χ0) is 14.0. The van der Waals surface area contributed by atoms with Crippen LogP contribution in [-0.4, -0.2) is 16.9 Å². The van der Waals surface area contributed by atoms with E-state index in [0.717, 1.165) is 0 Å². The number of nitrogens with two attached hydrogens (primary N) is 1. The van der Waals surface area contributed by atoms with E-state index in [9.17, 15) is 0 Å². The molecule has 1 aromatic carbocycles. The highest BCUT2D eigenvalue weighted by Gasteiger charge is 2.15. The summed E-state index contributed by atoms with van der Waals surface area (Å²) < 4.78 is 12.3. The molecule has 1 heterocycles. The van der Waals surface area contributed by atoms with Crippen molar-refractivity contribution in [1.29, 1.82) is 5.26 Å². The topological polar surface area (TPSA) is 86.1 Å². The first-order chi connectivity index (χ1) is 9.06. The number of aromatic nitrogens is 2. The minimum absolute atomic E-state index is 0.393. The number of hydrogen-bond donors (Lipinski definition) is 1. The minimum Gasteiger partial charge on any atom is -0.495 e. The highest BCUT2D eigenvalue weighted by atomic mass is 16.5. The number of nitrogens with zero attached hydrogens (tertiary/aromatic N) is 3. The number of methoxy groups -OCH3 is 1. The molecular formula is C13H14N4O2. The van der Waals surface area contributed by atoms with E-state index < -0.39 is 0 Å². The molecule has 0 bridgehead atoms. The molecule has 0 saturated heterocycles. The van der Waals surface area contributed by atoms with Crippen molar-refractivity contribution in [3.05, 3.63) is 29.5 Å². The summed E-state index contributed by atoms with van der Waals surface area (Å²) in [7, 11) is 3.26. The molecule has 6 heteroatoms. The van der Waals surface area contributed by atoms with Crippen LogP contribution in [0.25, 0.3) is 0 Å². The van der Waals surface area contributed by atoms with Crippen LogP contribution in [-0.2, 0) is 7.05 Å². The third-order valence-electron chi connectivity index (χ3n) is 2.70. The molecule has 0 aliphatic carbocycles. The molecule has 2 N–H and O–H groups in total. The van der Waals surface area contributed by atoms with Crippen LogP contribution < -0.4 is 15.2 Å². The normalized spacial score (nSPS) is 10.0. The Morgan fingerprint density at radius 3 is 2.74 bits per heavy atom. The van der Waals surface area contributed by atoms with Crippen molar-refractivity contribution in [3.63, 3.8) is 0 Å². The number of rotatable bonds is 3. The van der Waals surface area contributed by atoms with E-state index in [0.29, 0.717) is 34.3 Å². The van der Waals surface area contributed by atoms with Crippen LogP contribution in [0.3, 0.4) is 0 Å². The lowest BCUT2D eigenvalue weighted by molar-refractivity contribution is 0.411. The molecule has 0 aliphatic heterocycles. The second kappa shape index (κ2) is 4.90. The number of nitriles is 1. The molecular weight excluding hydrogens is 244 g/mol. The highest BCUT2D eigenvalue weighted by molar-refractivity contribution is 5.57. The van der Waals surface area contributed by atoms with Gasteiger partial charge in [0.15, 0.2) is 0 Å². The fraction of sp³-hybridized carbons (Fsp3) is 0.231. The molecule has 6 nitrogen and oxygen atoms in total. The maximum atomic E-state index is 9.10. The molecule has 19 heavy (non-hydrogen) atoms. The quantitative estimate of drug-likeness (QED) is 0.851. The van der Waals surface area contributed by atoms with Gasteiger partial charge in [0.25, 0.3) is 0 Å². The zero-order valence-electron chi connectivity index (χ0n) is 11.0. The zero-order valence-corrected chi connectivity index (χ0v) is 11.0. The molecule has 1 aromatic heterocycles. The molecule has 0 fully saturated rings. The number of ether oxygens (including phenoxy) is 2.